The fourth-order valence-corrected chi connectivity index (χ4v) is 0.719. The van der Waals surface area contributed by atoms with Gasteiger partial charge in [-0.05, 0) is 0 Å². The van der Waals surface area contributed by atoms with E-state index in [0.29, 0.717) is 0 Å². The molecule has 1 saturated heterocycles. The number of hydrogen-bond acceptors (Lipinski definition) is 4. The van der Waals surface area contributed by atoms with Gasteiger partial charge in [-0.1, -0.05) is 0 Å². The second-order valence-corrected chi connectivity index (χ2v) is 2.03. The maximum absolute atomic E-state index is 10.5. The second kappa shape index (κ2) is 2.11. The lowest BCUT2D eigenvalue weighted by atomic mass is 10.0. The van der Waals surface area contributed by atoms with Crippen molar-refractivity contribution in [2.75, 3.05) is 0 Å². The maximum atomic E-state index is 10.5. The minimum Gasteiger partial charge on any atom is -0.369 e. The smallest absolute Gasteiger partial charge is 0.319 e. The van der Waals surface area contributed by atoms with Gasteiger partial charge in [0.05, 0.1) is 0 Å². The molecule has 1 aliphatic rings. The van der Waals surface area contributed by atoms with Crippen LogP contribution in [0.5, 0.6) is 0 Å². The summed E-state index contributed by atoms with van der Waals surface area (Å²) in [6, 6.07) is 2.28. The number of amides is 2. The van der Waals surface area contributed by atoms with E-state index in [-0.39, 0.29) is 0 Å². The molecule has 3 N–H and O–H groups in total. The molecule has 1 aliphatic heterocycles. The van der Waals surface area contributed by atoms with E-state index in [9.17, 15) is 4.79 Å². The molecule has 11 heavy (non-hydrogen) atoms. The molecule has 2 amide bonds. The molecule has 0 bridgehead atoms. The summed E-state index contributed by atoms with van der Waals surface area (Å²) in [7, 11) is 0. The highest BCUT2D eigenvalue weighted by molar-refractivity contribution is 5.80. The molecule has 0 aromatic heterocycles. The quantitative estimate of drug-likeness (QED) is 0.388. The topological polar surface area (TPSA) is 109 Å². The first-order chi connectivity index (χ1) is 5.14. The van der Waals surface area contributed by atoms with Crippen molar-refractivity contribution in [2.24, 2.45) is 0 Å². The third kappa shape index (κ3) is 0.858. The zero-order chi connectivity index (χ0) is 8.48. The van der Waals surface area contributed by atoms with Gasteiger partial charge in [-0.15, -0.1) is 0 Å². The van der Waals surface area contributed by atoms with E-state index in [1.54, 1.807) is 0 Å². The number of rotatable bonds is 0. The number of carbonyl (C=O) groups is 1. The van der Waals surface area contributed by atoms with Gasteiger partial charge in [0.1, 0.15) is 12.1 Å². The Morgan fingerprint density at radius 3 is 2.27 bits per heavy atom. The van der Waals surface area contributed by atoms with Crippen molar-refractivity contribution in [3.05, 3.63) is 0 Å². The maximum Gasteiger partial charge on any atom is 0.319 e. The van der Waals surface area contributed by atoms with Crippen molar-refractivity contribution >= 4 is 6.03 Å². The van der Waals surface area contributed by atoms with Gasteiger partial charge in [-0.25, -0.2) is 4.79 Å². The van der Waals surface area contributed by atoms with Crippen LogP contribution in [0, 0.1) is 22.7 Å². The third-order valence-electron chi connectivity index (χ3n) is 1.34. The number of carbonyl (C=O) groups excluding carboxylic acids is 1. The molecule has 0 spiro atoms. The molecule has 0 aromatic carbocycles. The highest BCUT2D eigenvalue weighted by Gasteiger charge is 2.47. The largest absolute Gasteiger partial charge is 0.369 e. The Kier molecular flexibility index (Phi) is 1.41. The van der Waals surface area contributed by atoms with Crippen molar-refractivity contribution in [2.45, 2.75) is 11.8 Å². The van der Waals surface area contributed by atoms with Crippen LogP contribution in [0.15, 0.2) is 0 Å². The van der Waals surface area contributed by atoms with Crippen LogP contribution in [0.25, 0.3) is 0 Å². The molecule has 56 valence electrons. The highest BCUT2D eigenvalue weighted by Crippen LogP contribution is 2.11. The number of nitrogens with one attached hydrogen (secondary N) is 2. The molecule has 1 fully saturated rings. The Balaban J connectivity index is 2.98. The fourth-order valence-electron chi connectivity index (χ4n) is 0.719. The molecule has 1 rings (SSSR count). The molecule has 1 unspecified atom stereocenters. The summed E-state index contributed by atoms with van der Waals surface area (Å²) in [6.07, 6.45) is -1.47. The zero-order valence-corrected chi connectivity index (χ0v) is 5.33. The molecule has 0 radical (unpaired) electrons. The van der Waals surface area contributed by atoms with Crippen LogP contribution in [-0.4, -0.2) is 22.9 Å². The molecule has 1 heterocycles. The van der Waals surface area contributed by atoms with Crippen LogP contribution < -0.4 is 10.6 Å². The normalized spacial score (nSPS) is 26.1. The summed E-state index contributed by atoms with van der Waals surface area (Å²) in [5, 5.41) is 29.8. The molecule has 0 aromatic rings. The van der Waals surface area contributed by atoms with E-state index >= 15 is 0 Å². The van der Waals surface area contributed by atoms with Crippen molar-refractivity contribution < 1.29 is 9.90 Å². The molecular weight excluding hydrogens is 148 g/mol. The van der Waals surface area contributed by atoms with Gasteiger partial charge >= 0.3 is 6.03 Å². The molecular formula is C5H4N4O2. The van der Waals surface area contributed by atoms with Gasteiger partial charge in [0.15, 0.2) is 6.23 Å². The van der Waals surface area contributed by atoms with Crippen LogP contribution in [0.1, 0.15) is 0 Å². The van der Waals surface area contributed by atoms with Gasteiger partial charge in [0.25, 0.3) is 5.54 Å². The predicted molar refractivity (Wildman–Crippen MR) is 31.6 cm³/mol. The summed E-state index contributed by atoms with van der Waals surface area (Å²) < 4.78 is 0. The van der Waals surface area contributed by atoms with Gasteiger partial charge in [-0.3, -0.25) is 0 Å². The summed E-state index contributed by atoms with van der Waals surface area (Å²) in [6.45, 7) is 0. The van der Waals surface area contributed by atoms with Crippen molar-refractivity contribution in [3.8, 4) is 12.1 Å². The third-order valence-corrected chi connectivity index (χ3v) is 1.34. The first kappa shape index (κ1) is 7.32. The lowest BCUT2D eigenvalue weighted by Gasteiger charge is -2.12. The van der Waals surface area contributed by atoms with Crippen molar-refractivity contribution in [1.29, 1.82) is 10.5 Å². The Morgan fingerprint density at radius 2 is 2.09 bits per heavy atom. The van der Waals surface area contributed by atoms with E-state index in [2.05, 4.69) is 0 Å². The summed E-state index contributed by atoms with van der Waals surface area (Å²) in [5.41, 5.74) is -1.84. The number of nitriles is 2. The molecule has 0 saturated carbocycles. The average Bonchev–Trinajstić information content (AvgIpc) is 2.27. The molecule has 0 aliphatic carbocycles. The molecule has 1 atom stereocenters. The fraction of sp³-hybridized carbons (Fsp3) is 0.400. The summed E-state index contributed by atoms with van der Waals surface area (Å²) in [4.78, 5) is 10.5. The Hall–Kier alpha value is -1.79. The Morgan fingerprint density at radius 1 is 1.55 bits per heavy atom. The zero-order valence-electron chi connectivity index (χ0n) is 5.33. The standard InChI is InChI=1S/C5H4N4O2/c6-1-5(2-7)3(10)8-4(11)9-5/h3,10H,(H2,8,9,11). The van der Waals surface area contributed by atoms with Crippen LogP contribution in [-0.2, 0) is 0 Å². The number of aliphatic hydroxyl groups excluding tert-OH is 1. The van der Waals surface area contributed by atoms with E-state index in [1.165, 1.54) is 12.1 Å². The Bertz CT molecular complexity index is 259. The highest BCUT2D eigenvalue weighted by atomic mass is 16.3. The van der Waals surface area contributed by atoms with Crippen LogP contribution in [0.4, 0.5) is 4.79 Å². The lowest BCUT2D eigenvalue weighted by Crippen LogP contribution is -2.46. The lowest BCUT2D eigenvalue weighted by molar-refractivity contribution is 0.133. The SMILES string of the molecule is N#CC1(C#N)NC(=O)NC1O. The number of aliphatic hydroxyl groups is 1. The first-order valence-electron chi connectivity index (χ1n) is 2.74. The van der Waals surface area contributed by atoms with Gasteiger partial charge in [0.2, 0.25) is 0 Å². The van der Waals surface area contributed by atoms with Crippen LogP contribution in [0.3, 0.4) is 0 Å². The second-order valence-electron chi connectivity index (χ2n) is 2.03. The minimum absolute atomic E-state index is 0.722. The first-order valence-corrected chi connectivity index (χ1v) is 2.74. The average molecular weight is 152 g/mol. The van der Waals surface area contributed by atoms with E-state index in [4.69, 9.17) is 15.6 Å². The van der Waals surface area contributed by atoms with Crippen LogP contribution in [0.2, 0.25) is 0 Å². The molecule has 6 heteroatoms. The predicted octanol–water partition coefficient (Wildman–Crippen LogP) is -1.60. The van der Waals surface area contributed by atoms with Crippen LogP contribution >= 0.6 is 0 Å². The van der Waals surface area contributed by atoms with Gasteiger partial charge in [-0.2, -0.15) is 10.5 Å². The van der Waals surface area contributed by atoms with Gasteiger partial charge in [0, 0.05) is 0 Å². The number of nitrogens with zero attached hydrogens (tertiary/aromatic N) is 2. The van der Waals surface area contributed by atoms with Gasteiger partial charge < -0.3 is 15.7 Å². The van der Waals surface area contributed by atoms with E-state index < -0.39 is 17.8 Å². The van der Waals surface area contributed by atoms with E-state index in [0.717, 1.165) is 0 Å². The monoisotopic (exact) mass is 152 g/mol. The van der Waals surface area contributed by atoms with Crippen molar-refractivity contribution in [1.82, 2.24) is 10.6 Å². The van der Waals surface area contributed by atoms with Crippen molar-refractivity contribution in [3.63, 3.8) is 0 Å². The summed E-state index contributed by atoms with van der Waals surface area (Å²) in [5.74, 6) is 0. The minimum atomic E-state index is -1.84. The number of urea groups is 1. The number of hydrogen-bond donors (Lipinski definition) is 3. The molecule has 6 nitrogen and oxygen atoms in total. The Labute approximate surface area is 62.0 Å². The summed E-state index contributed by atoms with van der Waals surface area (Å²) >= 11 is 0. The van der Waals surface area contributed by atoms with E-state index in [1.807, 2.05) is 10.6 Å².